The first-order valence-corrected chi connectivity index (χ1v) is 7.69. The number of ether oxygens (including phenoxy) is 1. The first kappa shape index (κ1) is 14.7. The molecule has 0 fully saturated rings. The van der Waals surface area contributed by atoms with Crippen LogP contribution in [-0.4, -0.2) is 27.2 Å². The number of rotatable bonds is 5. The molecule has 0 radical (unpaired) electrons. The highest BCUT2D eigenvalue weighted by Gasteiger charge is 2.15. The fraction of sp³-hybridized carbons (Fsp3) is 0.462. The largest absolute Gasteiger partial charge is 0.466 e. The van der Waals surface area contributed by atoms with Crippen LogP contribution in [-0.2, 0) is 25.8 Å². The van der Waals surface area contributed by atoms with Crippen molar-refractivity contribution < 1.29 is 17.9 Å². The molecule has 0 aliphatic rings. The Kier molecular flexibility index (Phi) is 4.90. The molecule has 4 nitrogen and oxygen atoms in total. The lowest BCUT2D eigenvalue weighted by Crippen LogP contribution is -2.16. The molecule has 1 unspecified atom stereocenters. The number of carbonyl (C=O) groups excluding carboxylic acids is 1. The van der Waals surface area contributed by atoms with Crippen molar-refractivity contribution in [2.75, 3.05) is 12.9 Å². The standard InChI is InChI=1S/C13H18O4S/c1-4-17-13(14)10(2)9-11-5-7-12(8-6-11)18(3,15)16/h5-8,10H,4,9H2,1-3H3. The quantitative estimate of drug-likeness (QED) is 0.766. The molecule has 1 aromatic carbocycles. The van der Waals surface area contributed by atoms with Gasteiger partial charge in [0.1, 0.15) is 0 Å². The number of carbonyl (C=O) groups is 1. The molecule has 0 bridgehead atoms. The van der Waals surface area contributed by atoms with E-state index in [9.17, 15) is 13.2 Å². The molecule has 18 heavy (non-hydrogen) atoms. The van der Waals surface area contributed by atoms with Crippen LogP contribution in [0.3, 0.4) is 0 Å². The monoisotopic (exact) mass is 270 g/mol. The number of hydrogen-bond acceptors (Lipinski definition) is 4. The van der Waals surface area contributed by atoms with Gasteiger partial charge in [-0.2, -0.15) is 0 Å². The average Bonchev–Trinajstić information content (AvgIpc) is 2.28. The van der Waals surface area contributed by atoms with E-state index in [4.69, 9.17) is 4.74 Å². The highest BCUT2D eigenvalue weighted by atomic mass is 32.2. The third-order valence-corrected chi connectivity index (χ3v) is 3.71. The first-order valence-electron chi connectivity index (χ1n) is 5.80. The number of hydrogen-bond donors (Lipinski definition) is 0. The van der Waals surface area contributed by atoms with Crippen LogP contribution in [0.5, 0.6) is 0 Å². The Morgan fingerprint density at radius 1 is 1.28 bits per heavy atom. The highest BCUT2D eigenvalue weighted by molar-refractivity contribution is 7.90. The van der Waals surface area contributed by atoms with Crippen LogP contribution in [0, 0.1) is 5.92 Å². The second-order valence-electron chi connectivity index (χ2n) is 4.27. The van der Waals surface area contributed by atoms with Gasteiger partial charge in [0.25, 0.3) is 0 Å². The van der Waals surface area contributed by atoms with Gasteiger partial charge in [0.15, 0.2) is 9.84 Å². The molecule has 0 N–H and O–H groups in total. The van der Waals surface area contributed by atoms with Crippen LogP contribution < -0.4 is 0 Å². The summed E-state index contributed by atoms with van der Waals surface area (Å²) in [6.07, 6.45) is 1.71. The molecule has 0 aromatic heterocycles. The SMILES string of the molecule is CCOC(=O)C(C)Cc1ccc(S(C)(=O)=O)cc1. The fourth-order valence-corrected chi connectivity index (χ4v) is 2.22. The Bertz CT molecular complexity index is 502. The Hall–Kier alpha value is -1.36. The zero-order chi connectivity index (χ0) is 13.8. The van der Waals surface area contributed by atoms with E-state index in [2.05, 4.69) is 0 Å². The van der Waals surface area contributed by atoms with Crippen molar-refractivity contribution >= 4 is 15.8 Å². The van der Waals surface area contributed by atoms with Gasteiger partial charge in [0.05, 0.1) is 17.4 Å². The van der Waals surface area contributed by atoms with Crippen LogP contribution in [0.2, 0.25) is 0 Å². The second kappa shape index (κ2) is 6.00. The zero-order valence-electron chi connectivity index (χ0n) is 10.8. The molecular weight excluding hydrogens is 252 g/mol. The molecular formula is C13H18O4S. The fourth-order valence-electron chi connectivity index (χ4n) is 1.59. The molecule has 0 aliphatic heterocycles. The van der Waals surface area contributed by atoms with E-state index in [1.807, 2.05) is 0 Å². The first-order chi connectivity index (χ1) is 8.34. The van der Waals surface area contributed by atoms with Crippen molar-refractivity contribution in [1.29, 1.82) is 0 Å². The van der Waals surface area contributed by atoms with E-state index < -0.39 is 9.84 Å². The molecule has 0 saturated carbocycles. The van der Waals surface area contributed by atoms with Gasteiger partial charge in [-0.25, -0.2) is 8.42 Å². The summed E-state index contributed by atoms with van der Waals surface area (Å²) in [5, 5.41) is 0. The summed E-state index contributed by atoms with van der Waals surface area (Å²) in [5.41, 5.74) is 0.919. The summed E-state index contributed by atoms with van der Waals surface area (Å²) in [7, 11) is -3.16. The molecule has 1 rings (SSSR count). The van der Waals surface area contributed by atoms with Crippen LogP contribution in [0.25, 0.3) is 0 Å². The maximum atomic E-state index is 11.5. The van der Waals surface area contributed by atoms with Gasteiger partial charge < -0.3 is 4.74 Å². The summed E-state index contributed by atoms with van der Waals surface area (Å²) >= 11 is 0. The van der Waals surface area contributed by atoms with Gasteiger partial charge in [0.2, 0.25) is 0 Å². The highest BCUT2D eigenvalue weighted by Crippen LogP contribution is 2.14. The minimum absolute atomic E-state index is 0.228. The van der Waals surface area contributed by atoms with Crippen molar-refractivity contribution in [3.63, 3.8) is 0 Å². The molecule has 0 spiro atoms. The maximum absolute atomic E-state index is 11.5. The third-order valence-electron chi connectivity index (χ3n) is 2.58. The van der Waals surface area contributed by atoms with E-state index in [1.54, 1.807) is 38.1 Å². The van der Waals surface area contributed by atoms with Crippen molar-refractivity contribution in [1.82, 2.24) is 0 Å². The topological polar surface area (TPSA) is 60.4 Å². The molecule has 0 heterocycles. The molecule has 100 valence electrons. The van der Waals surface area contributed by atoms with Crippen LogP contribution in [0.1, 0.15) is 19.4 Å². The number of esters is 1. The lowest BCUT2D eigenvalue weighted by atomic mass is 10.0. The summed E-state index contributed by atoms with van der Waals surface area (Å²) in [6, 6.07) is 6.57. The number of benzene rings is 1. The maximum Gasteiger partial charge on any atom is 0.308 e. The predicted molar refractivity (Wildman–Crippen MR) is 69.1 cm³/mol. The van der Waals surface area contributed by atoms with Crippen molar-refractivity contribution in [3.8, 4) is 0 Å². The summed E-state index contributed by atoms with van der Waals surface area (Å²) in [6.45, 7) is 3.93. The van der Waals surface area contributed by atoms with Gasteiger partial charge in [-0.1, -0.05) is 19.1 Å². The minimum Gasteiger partial charge on any atom is -0.466 e. The summed E-state index contributed by atoms with van der Waals surface area (Å²) < 4.78 is 27.5. The van der Waals surface area contributed by atoms with E-state index in [-0.39, 0.29) is 16.8 Å². The Morgan fingerprint density at radius 3 is 2.28 bits per heavy atom. The normalized spacial score (nSPS) is 13.1. The van der Waals surface area contributed by atoms with E-state index in [0.717, 1.165) is 5.56 Å². The Labute approximate surface area is 108 Å². The summed E-state index contributed by atoms with van der Waals surface area (Å²) in [5.74, 6) is -0.460. The van der Waals surface area contributed by atoms with Crippen molar-refractivity contribution in [3.05, 3.63) is 29.8 Å². The van der Waals surface area contributed by atoms with Crippen molar-refractivity contribution in [2.24, 2.45) is 5.92 Å². The van der Waals surface area contributed by atoms with Crippen LogP contribution >= 0.6 is 0 Å². The minimum atomic E-state index is -3.16. The second-order valence-corrected chi connectivity index (χ2v) is 6.29. The van der Waals surface area contributed by atoms with Crippen LogP contribution in [0.4, 0.5) is 0 Å². The van der Waals surface area contributed by atoms with Gasteiger partial charge in [0, 0.05) is 6.26 Å². The Morgan fingerprint density at radius 2 is 1.83 bits per heavy atom. The summed E-state index contributed by atoms with van der Waals surface area (Å²) in [4.78, 5) is 11.7. The van der Waals surface area contributed by atoms with E-state index in [1.165, 1.54) is 6.26 Å². The molecule has 1 atom stereocenters. The van der Waals surface area contributed by atoms with E-state index >= 15 is 0 Å². The lowest BCUT2D eigenvalue weighted by molar-refractivity contribution is -0.147. The van der Waals surface area contributed by atoms with Gasteiger partial charge in [-0.05, 0) is 31.0 Å². The lowest BCUT2D eigenvalue weighted by Gasteiger charge is -2.10. The van der Waals surface area contributed by atoms with Gasteiger partial charge >= 0.3 is 5.97 Å². The zero-order valence-corrected chi connectivity index (χ0v) is 11.7. The number of sulfone groups is 1. The molecule has 0 amide bonds. The average molecular weight is 270 g/mol. The van der Waals surface area contributed by atoms with Crippen LogP contribution in [0.15, 0.2) is 29.2 Å². The molecule has 0 aliphatic carbocycles. The molecule has 1 aromatic rings. The smallest absolute Gasteiger partial charge is 0.308 e. The van der Waals surface area contributed by atoms with Gasteiger partial charge in [-0.15, -0.1) is 0 Å². The molecule has 5 heteroatoms. The molecule has 0 saturated heterocycles. The van der Waals surface area contributed by atoms with Crippen molar-refractivity contribution in [2.45, 2.75) is 25.2 Å². The van der Waals surface area contributed by atoms with Gasteiger partial charge in [-0.3, -0.25) is 4.79 Å². The Balaban J connectivity index is 2.73. The van der Waals surface area contributed by atoms with E-state index in [0.29, 0.717) is 13.0 Å². The third kappa shape index (κ3) is 4.14. The predicted octanol–water partition coefficient (Wildman–Crippen LogP) is 1.83.